The minimum Gasteiger partial charge on any atom is -0.479 e. The van der Waals surface area contributed by atoms with E-state index in [2.05, 4.69) is 15.4 Å². The van der Waals surface area contributed by atoms with Crippen LogP contribution in [0.4, 0.5) is 11.4 Å². The van der Waals surface area contributed by atoms with Crippen molar-refractivity contribution in [3.05, 3.63) is 70.0 Å². The van der Waals surface area contributed by atoms with Gasteiger partial charge in [0.1, 0.15) is 11.9 Å². The smallest absolute Gasteiger partial charge is 0.270 e. The lowest BCUT2D eigenvalue weighted by Crippen LogP contribution is -2.62. The molecule has 1 aliphatic heterocycles. The Labute approximate surface area is 195 Å². The van der Waals surface area contributed by atoms with Gasteiger partial charge in [0.25, 0.3) is 5.69 Å². The Balaban J connectivity index is 1.91. The molecule has 180 valence electrons. The van der Waals surface area contributed by atoms with Crippen LogP contribution >= 0.6 is 0 Å². The van der Waals surface area contributed by atoms with E-state index in [0.29, 0.717) is 17.1 Å². The molecule has 2 aromatic carbocycles. The van der Waals surface area contributed by atoms with Gasteiger partial charge in [0, 0.05) is 37.6 Å². The first-order valence-corrected chi connectivity index (χ1v) is 10.5. The zero-order valence-corrected chi connectivity index (χ0v) is 19.2. The predicted molar refractivity (Wildman–Crippen MR) is 120 cm³/mol. The van der Waals surface area contributed by atoms with Crippen molar-refractivity contribution < 1.29 is 24.2 Å². The molecule has 12 nitrogen and oxygen atoms in total. The number of rotatable bonds is 8. The molecule has 0 spiro atoms. The molecule has 1 aliphatic rings. The van der Waals surface area contributed by atoms with E-state index in [-0.39, 0.29) is 12.2 Å². The predicted octanol–water partition coefficient (Wildman–Crippen LogP) is 2.00. The zero-order valence-electron chi connectivity index (χ0n) is 19.2. The molecule has 1 aromatic heterocycles. The number of hydrogen-bond acceptors (Lipinski definition) is 10. The number of methoxy groups -OCH3 is 2. The number of benzene rings is 2. The van der Waals surface area contributed by atoms with Crippen molar-refractivity contribution in [2.24, 2.45) is 7.05 Å². The summed E-state index contributed by atoms with van der Waals surface area (Å²) in [4.78, 5) is 14.3. The van der Waals surface area contributed by atoms with Gasteiger partial charge < -0.3 is 24.2 Å². The Bertz CT molecular complexity index is 1150. The number of nitro groups is 1. The fraction of sp³-hybridized carbons (Fsp3) is 0.409. The Morgan fingerprint density at radius 1 is 1.26 bits per heavy atom. The van der Waals surface area contributed by atoms with E-state index in [1.807, 2.05) is 35.2 Å². The molecule has 0 saturated heterocycles. The number of para-hydroxylation sites is 1. The molecule has 0 bridgehead atoms. The van der Waals surface area contributed by atoms with Crippen LogP contribution in [0.2, 0.25) is 0 Å². The zero-order chi connectivity index (χ0) is 24.5. The normalized spacial score (nSPS) is 21.7. The van der Waals surface area contributed by atoms with Crippen molar-refractivity contribution in [1.29, 1.82) is 0 Å². The molecule has 0 radical (unpaired) electrons. The number of nitro benzene ring substituents is 1. The fourth-order valence-corrected chi connectivity index (χ4v) is 4.35. The van der Waals surface area contributed by atoms with Crippen LogP contribution in [0, 0.1) is 10.1 Å². The number of ether oxygens (including phenoxy) is 3. The van der Waals surface area contributed by atoms with Crippen molar-refractivity contribution >= 4 is 11.4 Å². The standard InChI is InChI=1S/C22H26N6O6/c1-22(21(32-3)33-4)20(29)19(16-12-15(28(30)31)10-11-17(16)34-22)27(14-8-6-5-7-9-14)13-18-23-25-26(2)24-18/h5-12,19-21,29H,13H2,1-4H3/t19-,20+,22-/m0/s1. The second-order valence-electron chi connectivity index (χ2n) is 8.12. The maximum absolute atomic E-state index is 11.8. The number of aryl methyl sites for hydroxylation is 1. The molecule has 2 heterocycles. The van der Waals surface area contributed by atoms with Crippen LogP contribution in [0.5, 0.6) is 5.75 Å². The average Bonchev–Trinajstić information content (AvgIpc) is 3.24. The summed E-state index contributed by atoms with van der Waals surface area (Å²) in [5, 5.41) is 35.6. The van der Waals surface area contributed by atoms with Gasteiger partial charge in [-0.05, 0) is 30.3 Å². The molecule has 0 fully saturated rings. The first kappa shape index (κ1) is 23.5. The highest BCUT2D eigenvalue weighted by atomic mass is 16.7. The number of aromatic nitrogens is 4. The highest BCUT2D eigenvalue weighted by Crippen LogP contribution is 2.47. The van der Waals surface area contributed by atoms with E-state index in [1.54, 1.807) is 14.0 Å². The van der Waals surface area contributed by atoms with E-state index < -0.39 is 29.0 Å². The van der Waals surface area contributed by atoms with Gasteiger partial charge in [-0.25, -0.2) is 0 Å². The number of tetrazole rings is 1. The SMILES string of the molecule is COC(OC)[C@@]1(C)Oc2ccc([N+](=O)[O-])cc2[C@H](N(Cc2nnn(C)n2)c2ccccc2)[C@H]1O. The highest BCUT2D eigenvalue weighted by molar-refractivity contribution is 5.55. The maximum Gasteiger partial charge on any atom is 0.270 e. The van der Waals surface area contributed by atoms with E-state index in [0.717, 1.165) is 5.69 Å². The molecular weight excluding hydrogens is 444 g/mol. The summed E-state index contributed by atoms with van der Waals surface area (Å²) in [6.45, 7) is 1.85. The number of nitrogens with zero attached hydrogens (tertiary/aromatic N) is 6. The lowest BCUT2D eigenvalue weighted by molar-refractivity contribution is -0.385. The van der Waals surface area contributed by atoms with Gasteiger partial charge in [-0.1, -0.05) is 18.2 Å². The third-order valence-electron chi connectivity index (χ3n) is 5.92. The maximum atomic E-state index is 11.8. The molecular formula is C22H26N6O6. The summed E-state index contributed by atoms with van der Waals surface area (Å²) < 4.78 is 17.1. The third-order valence-corrected chi connectivity index (χ3v) is 5.92. The molecule has 3 atom stereocenters. The van der Waals surface area contributed by atoms with Crippen LogP contribution in [-0.2, 0) is 23.1 Å². The molecule has 0 amide bonds. The van der Waals surface area contributed by atoms with E-state index in [4.69, 9.17) is 14.2 Å². The summed E-state index contributed by atoms with van der Waals surface area (Å²) in [5.74, 6) is 0.782. The fourth-order valence-electron chi connectivity index (χ4n) is 4.35. The molecule has 1 N–H and O–H groups in total. The molecule has 0 saturated carbocycles. The molecule has 3 aromatic rings. The molecule has 4 rings (SSSR count). The van der Waals surface area contributed by atoms with Crippen molar-refractivity contribution in [1.82, 2.24) is 20.2 Å². The number of aliphatic hydroxyl groups excluding tert-OH is 1. The Morgan fingerprint density at radius 2 is 1.97 bits per heavy atom. The Kier molecular flexibility index (Phi) is 6.46. The number of aliphatic hydroxyl groups is 1. The van der Waals surface area contributed by atoms with Crippen molar-refractivity contribution in [2.75, 3.05) is 19.1 Å². The van der Waals surface area contributed by atoms with E-state index in [9.17, 15) is 15.2 Å². The highest BCUT2D eigenvalue weighted by Gasteiger charge is 2.54. The summed E-state index contributed by atoms with van der Waals surface area (Å²) in [6, 6.07) is 12.8. The van der Waals surface area contributed by atoms with Crippen LogP contribution < -0.4 is 9.64 Å². The lowest BCUT2D eigenvalue weighted by Gasteiger charge is -2.49. The Morgan fingerprint density at radius 3 is 2.56 bits per heavy atom. The van der Waals surface area contributed by atoms with Crippen LogP contribution in [0.3, 0.4) is 0 Å². The molecule has 0 aliphatic carbocycles. The summed E-state index contributed by atoms with van der Waals surface area (Å²) in [7, 11) is 4.56. The molecule has 0 unspecified atom stereocenters. The number of hydrogen-bond donors (Lipinski definition) is 1. The first-order valence-electron chi connectivity index (χ1n) is 10.5. The van der Waals surface area contributed by atoms with Crippen molar-refractivity contribution in [2.45, 2.75) is 37.5 Å². The number of non-ortho nitro benzene ring substituents is 1. The van der Waals surface area contributed by atoms with Crippen LogP contribution in [-0.4, -0.2) is 62.5 Å². The average molecular weight is 470 g/mol. The minimum atomic E-state index is -1.35. The van der Waals surface area contributed by atoms with Crippen LogP contribution in [0.1, 0.15) is 24.4 Å². The lowest BCUT2D eigenvalue weighted by atomic mass is 9.83. The van der Waals surface area contributed by atoms with Crippen molar-refractivity contribution in [3.63, 3.8) is 0 Å². The van der Waals surface area contributed by atoms with Gasteiger partial charge in [-0.15, -0.1) is 10.2 Å². The second kappa shape index (κ2) is 9.33. The summed E-state index contributed by atoms with van der Waals surface area (Å²) >= 11 is 0. The van der Waals surface area contributed by atoms with Gasteiger partial charge in [-0.3, -0.25) is 10.1 Å². The summed E-state index contributed by atoms with van der Waals surface area (Å²) in [5.41, 5.74) is -0.283. The third kappa shape index (κ3) is 4.18. The van der Waals surface area contributed by atoms with E-state index >= 15 is 0 Å². The molecule has 12 heteroatoms. The monoisotopic (exact) mass is 470 g/mol. The van der Waals surface area contributed by atoms with E-state index in [1.165, 1.54) is 37.2 Å². The second-order valence-corrected chi connectivity index (χ2v) is 8.12. The van der Waals surface area contributed by atoms with Crippen LogP contribution in [0.25, 0.3) is 0 Å². The minimum absolute atomic E-state index is 0.121. The quantitative estimate of drug-likeness (QED) is 0.295. The number of fused-ring (bicyclic) bond motifs is 1. The van der Waals surface area contributed by atoms with Gasteiger partial charge in [0.05, 0.1) is 24.6 Å². The Hall–Kier alpha value is -3.61. The van der Waals surface area contributed by atoms with Gasteiger partial charge in [-0.2, -0.15) is 4.80 Å². The van der Waals surface area contributed by atoms with Gasteiger partial charge in [0.15, 0.2) is 17.7 Å². The largest absolute Gasteiger partial charge is 0.479 e. The summed E-state index contributed by atoms with van der Waals surface area (Å²) in [6.07, 6.45) is -2.16. The van der Waals surface area contributed by atoms with Gasteiger partial charge >= 0.3 is 0 Å². The van der Waals surface area contributed by atoms with Crippen molar-refractivity contribution in [3.8, 4) is 5.75 Å². The number of anilines is 1. The topological polar surface area (TPSA) is 138 Å². The van der Waals surface area contributed by atoms with Gasteiger partial charge in [0.2, 0.25) is 0 Å². The first-order chi connectivity index (χ1) is 16.3. The van der Waals surface area contributed by atoms with Crippen LogP contribution in [0.15, 0.2) is 48.5 Å². The molecule has 34 heavy (non-hydrogen) atoms.